The molecular formula is C20H25FN4O. The highest BCUT2D eigenvalue weighted by molar-refractivity contribution is 5.78. The van der Waals surface area contributed by atoms with Gasteiger partial charge in [0.1, 0.15) is 5.82 Å². The van der Waals surface area contributed by atoms with Gasteiger partial charge in [0.15, 0.2) is 0 Å². The Balaban J connectivity index is 1.47. The van der Waals surface area contributed by atoms with Crippen LogP contribution in [0.4, 0.5) is 4.39 Å². The molecule has 0 spiro atoms. The Hall–Kier alpha value is -2.21. The van der Waals surface area contributed by atoms with Crippen molar-refractivity contribution in [2.75, 3.05) is 19.6 Å². The lowest BCUT2D eigenvalue weighted by Crippen LogP contribution is -2.41. The summed E-state index contributed by atoms with van der Waals surface area (Å²) in [4.78, 5) is 14.7. The van der Waals surface area contributed by atoms with Gasteiger partial charge in [-0.05, 0) is 69.5 Å². The highest BCUT2D eigenvalue weighted by atomic mass is 19.1. The molecule has 1 saturated heterocycles. The first kappa shape index (κ1) is 17.2. The molecule has 2 aliphatic rings. The predicted octanol–water partition coefficient (Wildman–Crippen LogP) is 2.99. The third-order valence-electron chi connectivity index (χ3n) is 5.41. The Kier molecular flexibility index (Phi) is 5.02. The lowest BCUT2D eigenvalue weighted by atomic mass is 9.93. The van der Waals surface area contributed by atoms with Crippen LogP contribution in [-0.2, 0) is 11.2 Å². The molecule has 5 nitrogen and oxygen atoms in total. The second-order valence-corrected chi connectivity index (χ2v) is 7.28. The molecule has 0 saturated carbocycles. The maximum absolute atomic E-state index is 13.2. The quantitative estimate of drug-likeness (QED) is 0.916. The summed E-state index contributed by atoms with van der Waals surface area (Å²) in [6.45, 7) is 2.52. The number of aromatic nitrogens is 2. The summed E-state index contributed by atoms with van der Waals surface area (Å²) in [5, 5.41) is 7.71. The van der Waals surface area contributed by atoms with E-state index in [1.54, 1.807) is 12.1 Å². The Labute approximate surface area is 153 Å². The molecule has 0 bridgehead atoms. The van der Waals surface area contributed by atoms with Gasteiger partial charge in [-0.3, -0.25) is 9.69 Å². The Morgan fingerprint density at radius 3 is 2.69 bits per heavy atom. The minimum atomic E-state index is -0.252. The van der Waals surface area contributed by atoms with Crippen molar-refractivity contribution < 1.29 is 9.18 Å². The largest absolute Gasteiger partial charge is 0.348 e. The average Bonchev–Trinajstić information content (AvgIpc) is 3.08. The third-order valence-corrected chi connectivity index (χ3v) is 5.41. The van der Waals surface area contributed by atoms with E-state index in [0.717, 1.165) is 49.3 Å². The Bertz CT molecular complexity index is 765. The van der Waals surface area contributed by atoms with E-state index in [0.29, 0.717) is 6.54 Å². The molecule has 138 valence electrons. The van der Waals surface area contributed by atoms with Crippen LogP contribution in [0.1, 0.15) is 49.4 Å². The fraction of sp³-hybridized carbons (Fsp3) is 0.500. The molecular weight excluding hydrogens is 331 g/mol. The van der Waals surface area contributed by atoms with Crippen LogP contribution in [0.5, 0.6) is 0 Å². The lowest BCUT2D eigenvalue weighted by Gasteiger charge is -2.28. The fourth-order valence-electron chi connectivity index (χ4n) is 4.07. The summed E-state index contributed by atoms with van der Waals surface area (Å²) in [5.41, 5.74) is 3.06. The zero-order valence-electron chi connectivity index (χ0n) is 15.0. The molecule has 1 aromatic carbocycles. The number of fused-ring (bicyclic) bond motifs is 1. The number of carbonyl (C=O) groups excluding carboxylic acids is 1. The molecule has 6 heteroatoms. The van der Waals surface area contributed by atoms with Crippen molar-refractivity contribution in [3.8, 4) is 5.69 Å². The van der Waals surface area contributed by atoms with Crippen LogP contribution in [0.15, 0.2) is 30.5 Å². The predicted molar refractivity (Wildman–Crippen MR) is 97.6 cm³/mol. The standard InChI is InChI=1S/C20H25FN4O/c21-15-7-9-16(10-8-15)25-19-6-4-5-18(17(19)13-22-25)23-20(26)14-24-11-2-1-3-12-24/h7-10,13,18H,1-6,11-12,14H2,(H,23,26)/t18-/m0/s1. The highest BCUT2D eigenvalue weighted by Crippen LogP contribution is 2.31. The minimum absolute atomic E-state index is 0.0187. The Morgan fingerprint density at radius 1 is 1.15 bits per heavy atom. The normalized spacial score (nSPS) is 20.6. The van der Waals surface area contributed by atoms with Crippen LogP contribution in [0.25, 0.3) is 5.69 Å². The molecule has 26 heavy (non-hydrogen) atoms. The van der Waals surface area contributed by atoms with Crippen molar-refractivity contribution in [2.45, 2.75) is 44.6 Å². The number of amides is 1. The molecule has 2 heterocycles. The van der Waals surface area contributed by atoms with Gasteiger partial charge in [-0.1, -0.05) is 6.42 Å². The number of carbonyl (C=O) groups is 1. The topological polar surface area (TPSA) is 50.2 Å². The number of halogens is 1. The van der Waals surface area contributed by atoms with Gasteiger partial charge in [-0.2, -0.15) is 5.10 Å². The minimum Gasteiger partial charge on any atom is -0.348 e. The van der Waals surface area contributed by atoms with E-state index in [-0.39, 0.29) is 17.8 Å². The van der Waals surface area contributed by atoms with Crippen LogP contribution in [0.2, 0.25) is 0 Å². The number of piperidine rings is 1. The van der Waals surface area contributed by atoms with Gasteiger partial charge in [0, 0.05) is 11.3 Å². The Morgan fingerprint density at radius 2 is 1.92 bits per heavy atom. The fourth-order valence-corrected chi connectivity index (χ4v) is 4.07. The maximum atomic E-state index is 13.2. The number of rotatable bonds is 4. The van der Waals surface area contributed by atoms with Gasteiger partial charge >= 0.3 is 0 Å². The number of hydrogen-bond acceptors (Lipinski definition) is 3. The molecule has 2 aromatic rings. The molecule has 1 aromatic heterocycles. The molecule has 1 fully saturated rings. The van der Waals surface area contributed by atoms with Crippen molar-refractivity contribution in [3.05, 3.63) is 47.5 Å². The van der Waals surface area contributed by atoms with Crippen LogP contribution >= 0.6 is 0 Å². The van der Waals surface area contributed by atoms with Gasteiger partial charge in [-0.15, -0.1) is 0 Å². The number of hydrogen-bond donors (Lipinski definition) is 1. The summed E-state index contributed by atoms with van der Waals surface area (Å²) in [6.07, 6.45) is 8.36. The van der Waals surface area contributed by atoms with Gasteiger partial charge in [0.25, 0.3) is 0 Å². The SMILES string of the molecule is O=C(CN1CCCCC1)N[C@H]1CCCc2c1cnn2-c1ccc(F)cc1. The molecule has 1 aliphatic carbocycles. The molecule has 1 atom stereocenters. The monoisotopic (exact) mass is 356 g/mol. The molecule has 4 rings (SSSR count). The van der Waals surface area contributed by atoms with E-state index >= 15 is 0 Å². The number of benzene rings is 1. The van der Waals surface area contributed by atoms with E-state index < -0.39 is 0 Å². The lowest BCUT2D eigenvalue weighted by molar-refractivity contribution is -0.123. The highest BCUT2D eigenvalue weighted by Gasteiger charge is 2.26. The van der Waals surface area contributed by atoms with E-state index in [1.165, 1.54) is 31.4 Å². The first-order chi connectivity index (χ1) is 12.7. The van der Waals surface area contributed by atoms with Crippen LogP contribution in [0, 0.1) is 5.82 Å². The molecule has 1 aliphatic heterocycles. The van der Waals surface area contributed by atoms with Crippen molar-refractivity contribution in [1.29, 1.82) is 0 Å². The van der Waals surface area contributed by atoms with Gasteiger partial charge in [0.05, 0.1) is 24.5 Å². The molecule has 1 amide bonds. The number of likely N-dealkylation sites (tertiary alicyclic amines) is 1. The summed E-state index contributed by atoms with van der Waals surface area (Å²) < 4.78 is 15.1. The van der Waals surface area contributed by atoms with Gasteiger partial charge < -0.3 is 5.32 Å². The van der Waals surface area contributed by atoms with Crippen molar-refractivity contribution in [3.63, 3.8) is 0 Å². The number of nitrogens with one attached hydrogen (secondary N) is 1. The second-order valence-electron chi connectivity index (χ2n) is 7.28. The first-order valence-electron chi connectivity index (χ1n) is 9.55. The maximum Gasteiger partial charge on any atom is 0.234 e. The smallest absolute Gasteiger partial charge is 0.234 e. The molecule has 0 unspecified atom stereocenters. The van der Waals surface area contributed by atoms with Crippen LogP contribution in [-0.4, -0.2) is 40.2 Å². The van der Waals surface area contributed by atoms with E-state index in [2.05, 4.69) is 15.3 Å². The van der Waals surface area contributed by atoms with Crippen molar-refractivity contribution in [1.82, 2.24) is 20.0 Å². The summed E-state index contributed by atoms with van der Waals surface area (Å²) in [6, 6.07) is 6.39. The molecule has 0 radical (unpaired) electrons. The third kappa shape index (κ3) is 3.65. The van der Waals surface area contributed by atoms with Crippen LogP contribution in [0.3, 0.4) is 0 Å². The van der Waals surface area contributed by atoms with Gasteiger partial charge in [0.2, 0.25) is 5.91 Å². The second kappa shape index (κ2) is 7.58. The summed E-state index contributed by atoms with van der Waals surface area (Å²) in [5.74, 6) is -0.156. The zero-order chi connectivity index (χ0) is 17.9. The number of nitrogens with zero attached hydrogens (tertiary/aromatic N) is 3. The van der Waals surface area contributed by atoms with E-state index in [4.69, 9.17) is 0 Å². The zero-order valence-corrected chi connectivity index (χ0v) is 15.0. The van der Waals surface area contributed by atoms with Gasteiger partial charge in [-0.25, -0.2) is 9.07 Å². The average molecular weight is 356 g/mol. The first-order valence-corrected chi connectivity index (χ1v) is 9.55. The molecule has 1 N–H and O–H groups in total. The summed E-state index contributed by atoms with van der Waals surface area (Å²) >= 11 is 0. The van der Waals surface area contributed by atoms with Crippen molar-refractivity contribution >= 4 is 5.91 Å². The van der Waals surface area contributed by atoms with Crippen LogP contribution < -0.4 is 5.32 Å². The summed E-state index contributed by atoms with van der Waals surface area (Å²) in [7, 11) is 0. The van der Waals surface area contributed by atoms with Crippen molar-refractivity contribution in [2.24, 2.45) is 0 Å². The van der Waals surface area contributed by atoms with E-state index in [1.807, 2.05) is 10.9 Å². The van der Waals surface area contributed by atoms with E-state index in [9.17, 15) is 9.18 Å².